The molecule has 1 aliphatic heterocycles. The van der Waals surface area contributed by atoms with Gasteiger partial charge in [0.05, 0.1) is 18.6 Å². The molecule has 0 saturated carbocycles. The van der Waals surface area contributed by atoms with Gasteiger partial charge in [-0.25, -0.2) is 4.98 Å². The number of carbonyl (C=O) groups is 1. The minimum Gasteiger partial charge on any atom is -0.498 e. The molecule has 8 nitrogen and oxygen atoms in total. The van der Waals surface area contributed by atoms with Crippen molar-refractivity contribution in [3.63, 3.8) is 0 Å². The lowest BCUT2D eigenvalue weighted by Gasteiger charge is -2.47. The third-order valence-electron chi connectivity index (χ3n) is 5.93. The summed E-state index contributed by atoms with van der Waals surface area (Å²) < 4.78 is 5.93. The topological polar surface area (TPSA) is 108 Å². The molecule has 4 rings (SSSR count). The maximum Gasteiger partial charge on any atom is 0.257 e. The Kier molecular flexibility index (Phi) is 4.59. The summed E-state index contributed by atoms with van der Waals surface area (Å²) in [5, 5.41) is 13.4. The van der Waals surface area contributed by atoms with Crippen molar-refractivity contribution >= 4 is 51.5 Å². The molecule has 1 aromatic carbocycles. The maximum absolute atomic E-state index is 12.1. The molecule has 3 heterocycles. The van der Waals surface area contributed by atoms with Crippen molar-refractivity contribution in [1.29, 1.82) is 0 Å². The number of furan rings is 1. The lowest BCUT2D eigenvalue weighted by molar-refractivity contribution is -0.917. The van der Waals surface area contributed by atoms with E-state index in [9.17, 15) is 9.90 Å². The molecule has 1 atom stereocenters. The number of carbonyl (C=O) groups excluding carboxylic acids is 1. The van der Waals surface area contributed by atoms with Crippen LogP contribution in [0.3, 0.4) is 0 Å². The molecule has 2 N–H and O–H groups in total. The van der Waals surface area contributed by atoms with Crippen LogP contribution in [-0.4, -0.2) is 52.3 Å². The number of carboxylic acid groups (broad SMARTS) is 1. The van der Waals surface area contributed by atoms with Crippen molar-refractivity contribution < 1.29 is 18.8 Å². The highest BCUT2D eigenvalue weighted by molar-refractivity contribution is 6.31. The summed E-state index contributed by atoms with van der Waals surface area (Å²) in [6.07, 6.45) is -0.382. The number of hydrogen-bond acceptors (Lipinski definition) is 7. The number of amides is 1. The number of halogens is 1. The first kappa shape index (κ1) is 19.7. The average Bonchev–Trinajstić information content (AvgIpc) is 2.84. The quantitative estimate of drug-likeness (QED) is 0.606. The molecule has 154 valence electrons. The molecule has 29 heavy (non-hydrogen) atoms. The normalized spacial score (nSPS) is 20.9. The van der Waals surface area contributed by atoms with Crippen molar-refractivity contribution in [2.24, 2.45) is 0 Å². The van der Waals surface area contributed by atoms with E-state index in [4.69, 9.17) is 21.8 Å². The van der Waals surface area contributed by atoms with Crippen molar-refractivity contribution in [1.82, 2.24) is 9.97 Å². The van der Waals surface area contributed by atoms with Gasteiger partial charge in [0.25, 0.3) is 6.09 Å². The van der Waals surface area contributed by atoms with E-state index in [0.717, 1.165) is 5.39 Å². The van der Waals surface area contributed by atoms with Crippen LogP contribution >= 0.6 is 11.6 Å². The highest BCUT2D eigenvalue weighted by Crippen LogP contribution is 2.36. The van der Waals surface area contributed by atoms with Gasteiger partial charge in [-0.05, 0) is 39.0 Å². The molecule has 1 saturated heterocycles. The second-order valence-corrected chi connectivity index (χ2v) is 8.95. The fourth-order valence-corrected chi connectivity index (χ4v) is 4.39. The number of rotatable bonds is 1. The van der Waals surface area contributed by atoms with Gasteiger partial charge in [0, 0.05) is 23.4 Å². The van der Waals surface area contributed by atoms with Gasteiger partial charge in [0.15, 0.2) is 11.4 Å². The van der Waals surface area contributed by atoms with Crippen molar-refractivity contribution in [3.8, 4) is 0 Å². The van der Waals surface area contributed by atoms with E-state index in [-0.39, 0.29) is 10.4 Å². The molecule has 0 aliphatic carbocycles. The van der Waals surface area contributed by atoms with Gasteiger partial charge in [-0.1, -0.05) is 11.6 Å². The van der Waals surface area contributed by atoms with E-state index >= 15 is 0 Å². The van der Waals surface area contributed by atoms with Crippen LogP contribution in [0.25, 0.3) is 22.1 Å². The Labute approximate surface area is 173 Å². The monoisotopic (exact) mass is 417 g/mol. The molecule has 1 aliphatic rings. The van der Waals surface area contributed by atoms with Crippen LogP contribution in [0.2, 0.25) is 5.02 Å². The van der Waals surface area contributed by atoms with E-state index in [1.165, 1.54) is 0 Å². The molecule has 2 aromatic heterocycles. The van der Waals surface area contributed by atoms with Gasteiger partial charge in [0.1, 0.15) is 17.6 Å². The average molecular weight is 418 g/mol. The SMILES string of the molecule is CC(C)(C)[N+]1(C(=O)[O-])CCCN(c2nc(N)nc3c2oc2ccc(Cl)cc23)CC1. The van der Waals surface area contributed by atoms with Crippen LogP contribution in [0.5, 0.6) is 0 Å². The largest absolute Gasteiger partial charge is 0.498 e. The summed E-state index contributed by atoms with van der Waals surface area (Å²) in [7, 11) is 0. The molecule has 1 fully saturated rings. The summed E-state index contributed by atoms with van der Waals surface area (Å²) >= 11 is 6.14. The Hall–Kier alpha value is -2.58. The lowest BCUT2D eigenvalue weighted by atomic mass is 10.0. The summed E-state index contributed by atoms with van der Waals surface area (Å²) in [5.74, 6) is 0.711. The number of quaternary nitrogens is 1. The lowest BCUT2D eigenvalue weighted by Crippen LogP contribution is -2.68. The van der Waals surface area contributed by atoms with Gasteiger partial charge < -0.3 is 25.0 Å². The van der Waals surface area contributed by atoms with E-state index < -0.39 is 11.6 Å². The smallest absolute Gasteiger partial charge is 0.257 e. The Morgan fingerprint density at radius 1 is 1.28 bits per heavy atom. The van der Waals surface area contributed by atoms with Gasteiger partial charge in [-0.15, -0.1) is 0 Å². The molecule has 0 spiro atoms. The number of hydrogen-bond donors (Lipinski definition) is 1. The molecule has 1 unspecified atom stereocenters. The number of nitrogens with two attached hydrogens (primary N) is 1. The van der Waals surface area contributed by atoms with Gasteiger partial charge in [0.2, 0.25) is 5.95 Å². The predicted octanol–water partition coefficient (Wildman–Crippen LogP) is 2.78. The number of nitrogen functional groups attached to an aromatic ring is 1. The number of fused-ring (bicyclic) bond motifs is 3. The molecule has 9 heteroatoms. The number of aromatic nitrogens is 2. The van der Waals surface area contributed by atoms with E-state index in [0.29, 0.717) is 60.1 Å². The Balaban J connectivity index is 1.79. The van der Waals surface area contributed by atoms with E-state index in [1.807, 2.05) is 25.7 Å². The highest BCUT2D eigenvalue weighted by Gasteiger charge is 2.44. The third kappa shape index (κ3) is 3.16. The van der Waals surface area contributed by atoms with E-state index in [1.54, 1.807) is 18.2 Å². The van der Waals surface area contributed by atoms with Gasteiger partial charge in [-0.2, -0.15) is 4.98 Å². The van der Waals surface area contributed by atoms with Gasteiger partial charge in [-0.3, -0.25) is 4.48 Å². The zero-order valence-electron chi connectivity index (χ0n) is 16.7. The Bertz CT molecular complexity index is 1110. The summed E-state index contributed by atoms with van der Waals surface area (Å²) in [6.45, 7) is 7.79. The molecule has 0 radical (unpaired) electrons. The van der Waals surface area contributed by atoms with Crippen LogP contribution in [0.4, 0.5) is 16.6 Å². The van der Waals surface area contributed by atoms with Crippen LogP contribution < -0.4 is 15.7 Å². The number of anilines is 2. The number of nitrogens with zero attached hydrogens (tertiary/aromatic N) is 4. The molecule has 3 aromatic rings. The first-order valence-electron chi connectivity index (χ1n) is 9.61. The van der Waals surface area contributed by atoms with Crippen molar-refractivity contribution in [3.05, 3.63) is 23.2 Å². The molecular formula is C20H24ClN5O3. The molecular weight excluding hydrogens is 394 g/mol. The first-order chi connectivity index (χ1) is 13.6. The Morgan fingerprint density at radius 3 is 2.72 bits per heavy atom. The van der Waals surface area contributed by atoms with Crippen LogP contribution in [-0.2, 0) is 0 Å². The third-order valence-corrected chi connectivity index (χ3v) is 6.16. The zero-order chi connectivity index (χ0) is 21.0. The second kappa shape index (κ2) is 6.74. The minimum absolute atomic E-state index is 0.108. The van der Waals surface area contributed by atoms with Crippen LogP contribution in [0, 0.1) is 0 Å². The second-order valence-electron chi connectivity index (χ2n) is 8.52. The predicted molar refractivity (Wildman–Crippen MR) is 111 cm³/mol. The van der Waals surface area contributed by atoms with Crippen molar-refractivity contribution in [2.45, 2.75) is 32.7 Å². The highest BCUT2D eigenvalue weighted by atomic mass is 35.5. The zero-order valence-corrected chi connectivity index (χ0v) is 17.5. The van der Waals surface area contributed by atoms with Gasteiger partial charge >= 0.3 is 0 Å². The molecule has 0 bridgehead atoms. The fraction of sp³-hybridized carbons (Fsp3) is 0.450. The minimum atomic E-state index is -1.05. The number of benzene rings is 1. The summed E-state index contributed by atoms with van der Waals surface area (Å²) in [6, 6.07) is 5.34. The van der Waals surface area contributed by atoms with E-state index in [2.05, 4.69) is 9.97 Å². The summed E-state index contributed by atoms with van der Waals surface area (Å²) in [5.41, 5.74) is 7.30. The van der Waals surface area contributed by atoms with Crippen LogP contribution in [0.1, 0.15) is 27.2 Å². The Morgan fingerprint density at radius 2 is 2.03 bits per heavy atom. The van der Waals surface area contributed by atoms with Crippen molar-refractivity contribution in [2.75, 3.05) is 36.8 Å². The molecule has 1 amide bonds. The first-order valence-corrected chi connectivity index (χ1v) is 9.99. The maximum atomic E-state index is 12.1. The fourth-order valence-electron chi connectivity index (χ4n) is 4.22. The van der Waals surface area contributed by atoms with Crippen LogP contribution in [0.15, 0.2) is 22.6 Å². The standard InChI is InChI=1S/C20H24ClN5O3/c1-20(2,3)26(19(27)28)9-4-7-25(8-10-26)17-16-15(23-18(22)24-17)13-11-12(21)5-6-14(13)29-16/h5-6,11H,4,7-10H2,1-3H3,(H2-,22,23,24,27,28). The summed E-state index contributed by atoms with van der Waals surface area (Å²) in [4.78, 5) is 22.9.